The van der Waals surface area contributed by atoms with Gasteiger partial charge in [-0.1, -0.05) is 12.1 Å². The third-order valence-electron chi connectivity index (χ3n) is 4.68. The second-order valence-electron chi connectivity index (χ2n) is 6.47. The summed E-state index contributed by atoms with van der Waals surface area (Å²) in [6, 6.07) is 4.97. The Hall–Kier alpha value is -3.20. The number of anilines is 2. The molecule has 3 rings (SSSR count). The summed E-state index contributed by atoms with van der Waals surface area (Å²) in [5.41, 5.74) is -0.834. The fourth-order valence-corrected chi connectivity index (χ4v) is 3.28. The van der Waals surface area contributed by atoms with Gasteiger partial charge in [0.05, 0.1) is 25.5 Å². The zero-order valence-electron chi connectivity index (χ0n) is 16.3. The SMILES string of the molecule is CCC(=NO)c1nc(C)nc2c1C(C)(O)C(=O)N2c1ccc(OC)cc1OC. The smallest absolute Gasteiger partial charge is 0.269 e. The molecule has 0 saturated carbocycles. The lowest BCUT2D eigenvalue weighted by atomic mass is 9.95. The molecular weight excluding hydrogens is 364 g/mol. The molecule has 1 aliphatic heterocycles. The highest BCUT2D eigenvalue weighted by atomic mass is 16.5. The summed E-state index contributed by atoms with van der Waals surface area (Å²) >= 11 is 0. The van der Waals surface area contributed by atoms with Crippen LogP contribution in [0.5, 0.6) is 11.5 Å². The van der Waals surface area contributed by atoms with Gasteiger partial charge >= 0.3 is 0 Å². The van der Waals surface area contributed by atoms with Crippen molar-refractivity contribution in [2.45, 2.75) is 32.8 Å². The number of hydrogen-bond acceptors (Lipinski definition) is 8. The number of amides is 1. The first-order chi connectivity index (χ1) is 13.3. The molecule has 1 atom stereocenters. The van der Waals surface area contributed by atoms with Crippen molar-refractivity contribution < 1.29 is 24.6 Å². The van der Waals surface area contributed by atoms with Crippen molar-refractivity contribution in [2.24, 2.45) is 5.16 Å². The van der Waals surface area contributed by atoms with Crippen LogP contribution in [0.2, 0.25) is 0 Å². The van der Waals surface area contributed by atoms with Crippen LogP contribution in [0, 0.1) is 6.92 Å². The zero-order valence-corrected chi connectivity index (χ0v) is 16.3. The summed E-state index contributed by atoms with van der Waals surface area (Å²) in [5.74, 6) is 0.905. The quantitative estimate of drug-likeness (QED) is 0.460. The number of fused-ring (bicyclic) bond motifs is 1. The summed E-state index contributed by atoms with van der Waals surface area (Å²) in [5, 5.41) is 23.7. The van der Waals surface area contributed by atoms with Crippen LogP contribution in [0.25, 0.3) is 0 Å². The molecule has 1 amide bonds. The van der Waals surface area contributed by atoms with Gasteiger partial charge in [-0.3, -0.25) is 9.69 Å². The molecule has 9 heteroatoms. The molecule has 0 aliphatic carbocycles. The Morgan fingerprint density at radius 3 is 2.57 bits per heavy atom. The number of aryl methyl sites for hydroxylation is 1. The van der Waals surface area contributed by atoms with Gasteiger partial charge in [-0.05, 0) is 32.4 Å². The Labute approximate surface area is 162 Å². The van der Waals surface area contributed by atoms with Crippen LogP contribution in [-0.2, 0) is 10.4 Å². The Balaban J connectivity index is 2.32. The number of rotatable bonds is 5. The van der Waals surface area contributed by atoms with E-state index in [1.54, 1.807) is 32.0 Å². The van der Waals surface area contributed by atoms with Crippen LogP contribution in [0.4, 0.5) is 11.5 Å². The molecule has 0 radical (unpaired) electrons. The number of methoxy groups -OCH3 is 2. The number of benzene rings is 1. The predicted molar refractivity (Wildman–Crippen MR) is 102 cm³/mol. The van der Waals surface area contributed by atoms with Crippen LogP contribution in [0.1, 0.15) is 37.4 Å². The van der Waals surface area contributed by atoms with Gasteiger partial charge < -0.3 is 19.8 Å². The van der Waals surface area contributed by atoms with Crippen molar-refractivity contribution in [3.63, 3.8) is 0 Å². The molecule has 2 heterocycles. The maximum atomic E-state index is 13.2. The van der Waals surface area contributed by atoms with Gasteiger partial charge in [-0.2, -0.15) is 0 Å². The van der Waals surface area contributed by atoms with E-state index in [2.05, 4.69) is 15.1 Å². The van der Waals surface area contributed by atoms with Gasteiger partial charge in [0.25, 0.3) is 5.91 Å². The Bertz CT molecular complexity index is 971. The second-order valence-corrected chi connectivity index (χ2v) is 6.47. The highest BCUT2D eigenvalue weighted by Gasteiger charge is 2.51. The molecule has 0 fully saturated rings. The monoisotopic (exact) mass is 386 g/mol. The first-order valence-electron chi connectivity index (χ1n) is 8.69. The van der Waals surface area contributed by atoms with E-state index in [0.717, 1.165) is 0 Å². The van der Waals surface area contributed by atoms with E-state index in [-0.39, 0.29) is 22.8 Å². The number of carbonyl (C=O) groups is 1. The minimum Gasteiger partial charge on any atom is -0.497 e. The maximum absolute atomic E-state index is 13.2. The van der Waals surface area contributed by atoms with E-state index in [0.29, 0.717) is 29.4 Å². The normalized spacial score (nSPS) is 19.0. The highest BCUT2D eigenvalue weighted by molar-refractivity contribution is 6.14. The van der Waals surface area contributed by atoms with E-state index in [1.807, 2.05) is 0 Å². The van der Waals surface area contributed by atoms with Crippen molar-refractivity contribution in [3.05, 3.63) is 35.3 Å². The Morgan fingerprint density at radius 2 is 2.00 bits per heavy atom. The largest absolute Gasteiger partial charge is 0.497 e. The Morgan fingerprint density at radius 1 is 1.29 bits per heavy atom. The van der Waals surface area contributed by atoms with E-state index < -0.39 is 11.5 Å². The lowest BCUT2D eigenvalue weighted by molar-refractivity contribution is -0.133. The van der Waals surface area contributed by atoms with Crippen LogP contribution < -0.4 is 14.4 Å². The standard InChI is InChI=1S/C19H22N4O5/c1-6-12(22-26)16-15-17(21-10(2)20-16)23(18(24)19(15,3)25)13-8-7-11(27-4)9-14(13)28-5/h7-9,25-26H,6H2,1-5H3. The van der Waals surface area contributed by atoms with Gasteiger partial charge in [-0.25, -0.2) is 9.97 Å². The summed E-state index contributed by atoms with van der Waals surface area (Å²) in [6.07, 6.45) is 0.357. The summed E-state index contributed by atoms with van der Waals surface area (Å²) in [7, 11) is 3.00. The maximum Gasteiger partial charge on any atom is 0.269 e. The molecule has 28 heavy (non-hydrogen) atoms. The van der Waals surface area contributed by atoms with Gasteiger partial charge in [0.15, 0.2) is 11.4 Å². The van der Waals surface area contributed by atoms with Crippen molar-refractivity contribution in [1.29, 1.82) is 0 Å². The van der Waals surface area contributed by atoms with E-state index in [1.165, 1.54) is 26.0 Å². The number of ether oxygens (including phenoxy) is 2. The molecule has 0 bridgehead atoms. The van der Waals surface area contributed by atoms with Gasteiger partial charge in [0.2, 0.25) is 0 Å². The van der Waals surface area contributed by atoms with Crippen molar-refractivity contribution >= 4 is 23.1 Å². The summed E-state index contributed by atoms with van der Waals surface area (Å²) in [4.78, 5) is 23.2. The average Bonchev–Trinajstić information content (AvgIpc) is 2.87. The van der Waals surface area contributed by atoms with Crippen LogP contribution in [0.15, 0.2) is 23.4 Å². The van der Waals surface area contributed by atoms with Crippen LogP contribution in [0.3, 0.4) is 0 Å². The van der Waals surface area contributed by atoms with Crippen LogP contribution >= 0.6 is 0 Å². The molecule has 1 aromatic carbocycles. The number of carbonyl (C=O) groups excluding carboxylic acids is 1. The molecule has 0 spiro atoms. The van der Waals surface area contributed by atoms with Crippen LogP contribution in [-0.4, -0.2) is 46.1 Å². The number of oxime groups is 1. The molecule has 9 nitrogen and oxygen atoms in total. The minimum atomic E-state index is -1.91. The van der Waals surface area contributed by atoms with E-state index in [4.69, 9.17) is 9.47 Å². The number of aliphatic hydroxyl groups is 1. The number of aromatic nitrogens is 2. The fourth-order valence-electron chi connectivity index (χ4n) is 3.28. The lowest BCUT2D eigenvalue weighted by Gasteiger charge is -2.21. The first-order valence-corrected chi connectivity index (χ1v) is 8.69. The molecule has 1 unspecified atom stereocenters. The average molecular weight is 386 g/mol. The summed E-state index contributed by atoms with van der Waals surface area (Å²) < 4.78 is 10.6. The van der Waals surface area contributed by atoms with Gasteiger partial charge in [0, 0.05) is 6.07 Å². The second kappa shape index (κ2) is 7.08. The van der Waals surface area contributed by atoms with Crippen molar-refractivity contribution in [3.8, 4) is 11.5 Å². The third-order valence-corrected chi connectivity index (χ3v) is 4.68. The minimum absolute atomic E-state index is 0.190. The summed E-state index contributed by atoms with van der Waals surface area (Å²) in [6.45, 7) is 4.82. The molecular formula is C19H22N4O5. The van der Waals surface area contributed by atoms with E-state index in [9.17, 15) is 15.1 Å². The van der Waals surface area contributed by atoms with Gasteiger partial charge in [0.1, 0.15) is 28.7 Å². The third kappa shape index (κ3) is 2.84. The van der Waals surface area contributed by atoms with Crippen molar-refractivity contribution in [1.82, 2.24) is 9.97 Å². The fraction of sp³-hybridized carbons (Fsp3) is 0.368. The number of nitrogens with zero attached hydrogens (tertiary/aromatic N) is 4. The molecule has 1 aromatic heterocycles. The molecule has 0 saturated heterocycles. The van der Waals surface area contributed by atoms with E-state index >= 15 is 0 Å². The highest BCUT2D eigenvalue weighted by Crippen LogP contribution is 2.47. The predicted octanol–water partition coefficient (Wildman–Crippen LogP) is 2.28. The number of hydrogen-bond donors (Lipinski definition) is 2. The van der Waals surface area contributed by atoms with Crippen molar-refractivity contribution in [2.75, 3.05) is 19.1 Å². The topological polar surface area (TPSA) is 117 Å². The van der Waals surface area contributed by atoms with Gasteiger partial charge in [-0.15, -0.1) is 0 Å². The first kappa shape index (κ1) is 19.6. The Kier molecular flexibility index (Phi) is 4.95. The zero-order chi connectivity index (χ0) is 20.6. The molecule has 2 aromatic rings. The molecule has 1 aliphatic rings. The lowest BCUT2D eigenvalue weighted by Crippen LogP contribution is -2.36. The molecule has 2 N–H and O–H groups in total. The molecule has 148 valence electrons.